The van der Waals surface area contributed by atoms with Crippen molar-refractivity contribution >= 4 is 17.6 Å². The van der Waals surface area contributed by atoms with E-state index in [1.807, 2.05) is 6.92 Å². The van der Waals surface area contributed by atoms with E-state index in [0.29, 0.717) is 22.4 Å². The number of carbonyl (C=O) groups is 2. The van der Waals surface area contributed by atoms with Crippen molar-refractivity contribution in [3.8, 4) is 11.1 Å². The second-order valence-corrected chi connectivity index (χ2v) is 8.45. The molecule has 8 heteroatoms. The van der Waals surface area contributed by atoms with Gasteiger partial charge in [-0.1, -0.05) is 37.3 Å². The first-order valence-electron chi connectivity index (χ1n) is 10.6. The third kappa shape index (κ3) is 4.84. The normalized spacial score (nSPS) is 13.9. The monoisotopic (exact) mass is 450 g/mol. The molecule has 170 valence electrons. The van der Waals surface area contributed by atoms with Crippen LogP contribution in [0.3, 0.4) is 0 Å². The Bertz CT molecular complexity index is 1220. The first kappa shape index (κ1) is 22.4. The van der Waals surface area contributed by atoms with E-state index >= 15 is 4.39 Å². The van der Waals surface area contributed by atoms with Crippen LogP contribution in [-0.2, 0) is 17.8 Å². The van der Waals surface area contributed by atoms with Gasteiger partial charge in [-0.15, -0.1) is 0 Å². The van der Waals surface area contributed by atoms with Gasteiger partial charge < -0.3 is 16.4 Å². The second kappa shape index (κ2) is 8.97. The predicted octanol–water partition coefficient (Wildman–Crippen LogP) is 4.52. The molecule has 2 aromatic carbocycles. The highest BCUT2D eigenvalue weighted by Crippen LogP contribution is 2.46. The van der Waals surface area contributed by atoms with E-state index in [9.17, 15) is 14.0 Å². The Morgan fingerprint density at radius 3 is 2.52 bits per heavy atom. The molecular formula is C25H24F2N4O2. The molecule has 6 nitrogen and oxygen atoms in total. The number of pyridine rings is 1. The molecule has 0 unspecified atom stereocenters. The van der Waals surface area contributed by atoms with E-state index in [-0.39, 0.29) is 30.1 Å². The highest BCUT2D eigenvalue weighted by atomic mass is 19.1. The van der Waals surface area contributed by atoms with Crippen molar-refractivity contribution in [3.63, 3.8) is 0 Å². The fourth-order valence-electron chi connectivity index (χ4n) is 3.66. The summed E-state index contributed by atoms with van der Waals surface area (Å²) in [7, 11) is 0. The van der Waals surface area contributed by atoms with E-state index < -0.39 is 23.1 Å². The summed E-state index contributed by atoms with van der Waals surface area (Å²) in [5.41, 5.74) is 6.83. The number of benzene rings is 2. The van der Waals surface area contributed by atoms with E-state index in [2.05, 4.69) is 15.6 Å². The summed E-state index contributed by atoms with van der Waals surface area (Å²) in [5, 5.41) is 5.18. The third-order valence-corrected chi connectivity index (χ3v) is 5.98. The number of aromatic nitrogens is 1. The summed E-state index contributed by atoms with van der Waals surface area (Å²) >= 11 is 0. The van der Waals surface area contributed by atoms with Gasteiger partial charge in [0.15, 0.2) is 5.82 Å². The first-order chi connectivity index (χ1) is 15.8. The molecule has 0 saturated heterocycles. The van der Waals surface area contributed by atoms with Crippen LogP contribution in [0.1, 0.15) is 36.6 Å². The Labute approximate surface area is 190 Å². The molecule has 4 rings (SSSR count). The van der Waals surface area contributed by atoms with Gasteiger partial charge in [-0.3, -0.25) is 9.78 Å². The number of anilines is 1. The number of primary amides is 1. The first-order valence-corrected chi connectivity index (χ1v) is 10.6. The largest absolute Gasteiger partial charge is 0.352 e. The van der Waals surface area contributed by atoms with Gasteiger partial charge >= 0.3 is 6.03 Å². The summed E-state index contributed by atoms with van der Waals surface area (Å²) in [6, 6.07) is 12.1. The molecule has 33 heavy (non-hydrogen) atoms. The average molecular weight is 450 g/mol. The third-order valence-electron chi connectivity index (χ3n) is 5.98. The Balaban J connectivity index is 1.80. The quantitative estimate of drug-likeness (QED) is 0.494. The van der Waals surface area contributed by atoms with Crippen LogP contribution >= 0.6 is 0 Å². The molecule has 1 heterocycles. The number of halogens is 2. The summed E-state index contributed by atoms with van der Waals surface area (Å²) < 4.78 is 30.2. The summed E-state index contributed by atoms with van der Waals surface area (Å²) in [6.45, 7) is 1.88. The minimum atomic E-state index is -0.712. The maximum Gasteiger partial charge on any atom is 0.312 e. The van der Waals surface area contributed by atoms with Crippen molar-refractivity contribution in [2.45, 2.75) is 32.7 Å². The van der Waals surface area contributed by atoms with Gasteiger partial charge in [0.1, 0.15) is 5.82 Å². The molecule has 0 radical (unpaired) electrons. The molecule has 1 aromatic heterocycles. The van der Waals surface area contributed by atoms with E-state index in [4.69, 9.17) is 5.73 Å². The lowest BCUT2D eigenvalue weighted by molar-refractivity contribution is -0.120. The number of urea groups is 1. The van der Waals surface area contributed by atoms with Crippen LogP contribution in [0.25, 0.3) is 11.1 Å². The summed E-state index contributed by atoms with van der Waals surface area (Å²) in [6.07, 6.45) is 3.03. The van der Waals surface area contributed by atoms with Crippen LogP contribution in [0.15, 0.2) is 54.7 Å². The fourth-order valence-corrected chi connectivity index (χ4v) is 3.66. The predicted molar refractivity (Wildman–Crippen MR) is 121 cm³/mol. The van der Waals surface area contributed by atoms with Gasteiger partial charge in [-0.25, -0.2) is 13.6 Å². The maximum absolute atomic E-state index is 15.8. The van der Waals surface area contributed by atoms with E-state index in [1.54, 1.807) is 42.6 Å². The Morgan fingerprint density at radius 1 is 1.06 bits per heavy atom. The second-order valence-electron chi connectivity index (χ2n) is 8.45. The number of nitrogens with zero attached hydrogens (tertiary/aromatic N) is 1. The molecular weight excluding hydrogens is 426 g/mol. The molecule has 3 amide bonds. The van der Waals surface area contributed by atoms with Gasteiger partial charge in [-0.05, 0) is 42.2 Å². The maximum atomic E-state index is 15.8. The summed E-state index contributed by atoms with van der Waals surface area (Å²) in [5.74, 6) is -1.32. The zero-order valence-electron chi connectivity index (χ0n) is 18.1. The molecule has 0 bridgehead atoms. The van der Waals surface area contributed by atoms with Gasteiger partial charge in [0.2, 0.25) is 5.91 Å². The van der Waals surface area contributed by atoms with Crippen LogP contribution < -0.4 is 16.4 Å². The fraction of sp³-hybridized carbons (Fsp3) is 0.240. The van der Waals surface area contributed by atoms with Crippen molar-refractivity contribution in [2.24, 2.45) is 11.1 Å². The van der Waals surface area contributed by atoms with Crippen LogP contribution in [0, 0.1) is 17.0 Å². The number of amides is 3. The number of nitrogens with two attached hydrogens (primary N) is 1. The van der Waals surface area contributed by atoms with Crippen molar-refractivity contribution in [2.75, 3.05) is 5.32 Å². The van der Waals surface area contributed by atoms with Gasteiger partial charge in [0.25, 0.3) is 0 Å². The highest BCUT2D eigenvalue weighted by Gasteiger charge is 2.45. The van der Waals surface area contributed by atoms with E-state index in [0.717, 1.165) is 12.8 Å². The lowest BCUT2D eigenvalue weighted by Crippen LogP contribution is -2.29. The van der Waals surface area contributed by atoms with E-state index in [1.165, 1.54) is 12.1 Å². The van der Waals surface area contributed by atoms with Crippen LogP contribution in [0.5, 0.6) is 0 Å². The molecule has 3 aromatic rings. The molecule has 0 spiro atoms. The van der Waals surface area contributed by atoms with Crippen LogP contribution in [-0.4, -0.2) is 16.9 Å². The summed E-state index contributed by atoms with van der Waals surface area (Å²) in [4.78, 5) is 28.0. The topological polar surface area (TPSA) is 97.1 Å². The molecule has 0 aliphatic heterocycles. The van der Waals surface area contributed by atoms with Gasteiger partial charge in [0, 0.05) is 29.2 Å². The number of hydrogen-bond acceptors (Lipinski definition) is 3. The molecule has 4 N–H and O–H groups in total. The van der Waals surface area contributed by atoms with Crippen molar-refractivity contribution in [1.82, 2.24) is 10.3 Å². The number of nitrogens with one attached hydrogen (secondary N) is 2. The minimum Gasteiger partial charge on any atom is -0.352 e. The van der Waals surface area contributed by atoms with Crippen LogP contribution in [0.4, 0.5) is 19.3 Å². The van der Waals surface area contributed by atoms with Gasteiger partial charge in [0.05, 0.1) is 17.9 Å². The smallest absolute Gasteiger partial charge is 0.312 e. The standard InChI is InChI=1S/C25H24F2N4O2/c1-25(10-11-25)23(32)31-20-9-8-16(17-6-4-12-29-21(17)14-30-24(28)33)18(22(20)27)13-15-5-2-3-7-19(15)26/h2-9,12H,10-11,13-14H2,1H3,(H,31,32)(H3,28,30,33). The zero-order valence-corrected chi connectivity index (χ0v) is 18.1. The Hall–Kier alpha value is -3.81. The van der Waals surface area contributed by atoms with Crippen LogP contribution in [0.2, 0.25) is 0 Å². The lowest BCUT2D eigenvalue weighted by atomic mass is 9.92. The lowest BCUT2D eigenvalue weighted by Gasteiger charge is -2.18. The highest BCUT2D eigenvalue weighted by molar-refractivity contribution is 5.97. The SMILES string of the molecule is CC1(C(=O)Nc2ccc(-c3cccnc3CNC(N)=O)c(Cc3ccccc3F)c2F)CC1. The number of carbonyl (C=O) groups excluding carboxylic acids is 2. The number of hydrogen-bond donors (Lipinski definition) is 3. The Kier molecular flexibility index (Phi) is 6.09. The van der Waals surface area contributed by atoms with Crippen molar-refractivity contribution < 1.29 is 18.4 Å². The average Bonchev–Trinajstić information content (AvgIpc) is 3.55. The number of rotatable bonds is 7. The van der Waals surface area contributed by atoms with Gasteiger partial charge in [-0.2, -0.15) is 0 Å². The molecule has 1 fully saturated rings. The molecule has 1 aliphatic rings. The Morgan fingerprint density at radius 2 is 1.82 bits per heavy atom. The molecule has 1 saturated carbocycles. The molecule has 1 aliphatic carbocycles. The zero-order chi connectivity index (χ0) is 23.6. The minimum absolute atomic E-state index is 0.0353. The van der Waals surface area contributed by atoms with Crippen molar-refractivity contribution in [3.05, 3.63) is 83.2 Å². The molecule has 0 atom stereocenters. The van der Waals surface area contributed by atoms with Crippen molar-refractivity contribution in [1.29, 1.82) is 0 Å².